The highest BCUT2D eigenvalue weighted by atomic mass is 35.5. The zero-order chi connectivity index (χ0) is 25.4. The number of β-amino-alcohol motifs (C(OH)–C–C–N with tert-alkyl or cyclic N) is 1. The molecule has 36 heavy (non-hydrogen) atoms. The van der Waals surface area contributed by atoms with Crippen molar-refractivity contribution in [3.8, 4) is 0 Å². The molecule has 0 spiro atoms. The number of ether oxygens (including phenoxy) is 1. The zero-order valence-electron chi connectivity index (χ0n) is 20.1. The van der Waals surface area contributed by atoms with Crippen molar-refractivity contribution >= 4 is 41.1 Å². The van der Waals surface area contributed by atoms with Crippen LogP contribution in [0.2, 0.25) is 10.0 Å². The first-order valence-corrected chi connectivity index (χ1v) is 13.3. The number of aliphatic hydroxyl groups excluding tert-OH is 1. The number of nitrogens with zero attached hydrogens (tertiary/aromatic N) is 3. The number of hydrogen-bond acceptors (Lipinski definition) is 6. The first-order chi connectivity index (χ1) is 17.2. The highest BCUT2D eigenvalue weighted by molar-refractivity contribution is 6.34. The summed E-state index contributed by atoms with van der Waals surface area (Å²) < 4.78 is 5.41. The average Bonchev–Trinajstić information content (AvgIpc) is 3.50. The van der Waals surface area contributed by atoms with Crippen LogP contribution in [0.5, 0.6) is 0 Å². The molecule has 3 aliphatic heterocycles. The molecule has 1 aromatic rings. The van der Waals surface area contributed by atoms with Gasteiger partial charge in [-0.05, 0) is 54.9 Å². The SMILES string of the molecule is O=C(NC1CCN(C(=O)OCc2cc(Cl)cc(Cl)c2)C1)C1CC2CN(CC(=O)N3CC(O)C3)CC2C1. The monoisotopic (exact) mass is 538 g/mol. The zero-order valence-corrected chi connectivity index (χ0v) is 21.6. The maximum atomic E-state index is 12.9. The normalized spacial score (nSPS) is 28.2. The number of nitrogens with one attached hydrogen (secondary N) is 1. The smallest absolute Gasteiger partial charge is 0.410 e. The van der Waals surface area contributed by atoms with Crippen LogP contribution in [0.15, 0.2) is 18.2 Å². The van der Waals surface area contributed by atoms with Crippen LogP contribution in [0.3, 0.4) is 0 Å². The van der Waals surface area contributed by atoms with E-state index in [1.807, 2.05) is 0 Å². The lowest BCUT2D eigenvalue weighted by molar-refractivity contribution is -0.142. The third kappa shape index (κ3) is 5.90. The maximum Gasteiger partial charge on any atom is 0.410 e. The second-order valence-corrected chi connectivity index (χ2v) is 11.5. The Morgan fingerprint density at radius 2 is 1.64 bits per heavy atom. The van der Waals surface area contributed by atoms with E-state index in [1.54, 1.807) is 28.0 Å². The van der Waals surface area contributed by atoms with Gasteiger partial charge in [0.05, 0.1) is 12.6 Å². The molecule has 11 heteroatoms. The third-order valence-electron chi connectivity index (χ3n) is 7.85. The van der Waals surface area contributed by atoms with Crippen LogP contribution in [0.25, 0.3) is 0 Å². The molecule has 5 rings (SSSR count). The Labute approximate surface area is 220 Å². The molecular formula is C25H32Cl2N4O5. The van der Waals surface area contributed by atoms with Gasteiger partial charge in [-0.15, -0.1) is 0 Å². The van der Waals surface area contributed by atoms with Gasteiger partial charge in [0.1, 0.15) is 6.61 Å². The number of likely N-dealkylation sites (tertiary alicyclic amines) is 3. The van der Waals surface area contributed by atoms with E-state index >= 15 is 0 Å². The van der Waals surface area contributed by atoms with E-state index in [-0.39, 0.29) is 36.5 Å². The Kier molecular flexibility index (Phi) is 7.62. The molecule has 0 aromatic heterocycles. The second-order valence-electron chi connectivity index (χ2n) is 10.6. The molecule has 4 fully saturated rings. The number of halogens is 2. The first kappa shape index (κ1) is 25.6. The van der Waals surface area contributed by atoms with E-state index < -0.39 is 6.09 Å². The highest BCUT2D eigenvalue weighted by Crippen LogP contribution is 2.41. The predicted molar refractivity (Wildman–Crippen MR) is 133 cm³/mol. The van der Waals surface area contributed by atoms with E-state index in [4.69, 9.17) is 27.9 Å². The van der Waals surface area contributed by atoms with Crippen molar-refractivity contribution in [2.45, 2.75) is 38.0 Å². The summed E-state index contributed by atoms with van der Waals surface area (Å²) in [6.07, 6.45) is 1.58. The summed E-state index contributed by atoms with van der Waals surface area (Å²) in [4.78, 5) is 43.2. The lowest BCUT2D eigenvalue weighted by Crippen LogP contribution is -2.55. The van der Waals surface area contributed by atoms with Crippen LogP contribution in [0.1, 0.15) is 24.8 Å². The fraction of sp³-hybridized carbons (Fsp3) is 0.640. The molecule has 0 bridgehead atoms. The van der Waals surface area contributed by atoms with Crippen molar-refractivity contribution in [3.05, 3.63) is 33.8 Å². The Morgan fingerprint density at radius 3 is 2.28 bits per heavy atom. The molecule has 3 unspecified atom stereocenters. The summed E-state index contributed by atoms with van der Waals surface area (Å²) in [7, 11) is 0. The van der Waals surface area contributed by atoms with E-state index in [2.05, 4.69) is 10.2 Å². The number of hydrogen-bond donors (Lipinski definition) is 2. The lowest BCUT2D eigenvalue weighted by Gasteiger charge is -2.36. The standard InChI is InChI=1S/C25H32Cl2N4O5/c26-19-3-15(4-20(27)7-19)14-36-25(35)30-2-1-21(10-30)28-24(34)16-5-17-8-29(9-18(17)6-16)13-23(33)31-11-22(32)12-31/h3-4,7,16-18,21-22,32H,1-2,5-6,8-14H2,(H,28,34). The minimum absolute atomic E-state index is 0.0167. The summed E-state index contributed by atoms with van der Waals surface area (Å²) >= 11 is 12.0. The summed E-state index contributed by atoms with van der Waals surface area (Å²) in [6, 6.07) is 4.96. The van der Waals surface area contributed by atoms with E-state index in [0.29, 0.717) is 61.0 Å². The number of amides is 3. The van der Waals surface area contributed by atoms with Crippen molar-refractivity contribution in [1.82, 2.24) is 20.0 Å². The van der Waals surface area contributed by atoms with Gasteiger partial charge in [0.2, 0.25) is 11.8 Å². The van der Waals surface area contributed by atoms with Gasteiger partial charge in [0.15, 0.2) is 0 Å². The molecule has 1 saturated carbocycles. The Bertz CT molecular complexity index is 986. The van der Waals surface area contributed by atoms with Crippen molar-refractivity contribution in [3.63, 3.8) is 0 Å². The number of carbonyl (C=O) groups is 3. The van der Waals surface area contributed by atoms with Crippen LogP contribution in [-0.2, 0) is 20.9 Å². The molecule has 1 aromatic carbocycles. The van der Waals surface area contributed by atoms with Gasteiger partial charge in [0, 0.05) is 61.3 Å². The summed E-state index contributed by atoms with van der Waals surface area (Å²) in [5.41, 5.74) is 0.721. The lowest BCUT2D eigenvalue weighted by atomic mass is 10.0. The third-order valence-corrected chi connectivity index (χ3v) is 8.29. The van der Waals surface area contributed by atoms with Gasteiger partial charge in [0.25, 0.3) is 0 Å². The first-order valence-electron chi connectivity index (χ1n) is 12.6. The van der Waals surface area contributed by atoms with Crippen molar-refractivity contribution in [1.29, 1.82) is 0 Å². The highest BCUT2D eigenvalue weighted by Gasteiger charge is 2.44. The van der Waals surface area contributed by atoms with Crippen molar-refractivity contribution in [2.24, 2.45) is 17.8 Å². The van der Waals surface area contributed by atoms with Crippen LogP contribution in [0, 0.1) is 17.8 Å². The minimum atomic E-state index is -0.416. The predicted octanol–water partition coefficient (Wildman–Crippen LogP) is 1.98. The topological polar surface area (TPSA) is 102 Å². The molecule has 1 aliphatic carbocycles. The average molecular weight is 539 g/mol. The van der Waals surface area contributed by atoms with Gasteiger partial charge in [-0.2, -0.15) is 0 Å². The number of aliphatic hydroxyl groups is 1. The Hall–Kier alpha value is -2.07. The largest absolute Gasteiger partial charge is 0.445 e. The molecule has 2 N–H and O–H groups in total. The number of fused-ring (bicyclic) bond motifs is 1. The fourth-order valence-corrected chi connectivity index (χ4v) is 6.56. The van der Waals surface area contributed by atoms with Crippen LogP contribution in [-0.4, -0.2) is 95.7 Å². The van der Waals surface area contributed by atoms with Gasteiger partial charge < -0.3 is 25.0 Å². The summed E-state index contributed by atoms with van der Waals surface area (Å²) in [5, 5.41) is 13.5. The molecule has 9 nitrogen and oxygen atoms in total. The molecule has 3 atom stereocenters. The van der Waals surface area contributed by atoms with Gasteiger partial charge in [-0.3, -0.25) is 14.5 Å². The summed E-state index contributed by atoms with van der Waals surface area (Å²) in [6.45, 7) is 4.02. The number of rotatable bonds is 6. The van der Waals surface area contributed by atoms with Crippen molar-refractivity contribution in [2.75, 3.05) is 45.8 Å². The van der Waals surface area contributed by atoms with Gasteiger partial charge in [-0.25, -0.2) is 4.79 Å². The van der Waals surface area contributed by atoms with Gasteiger partial charge in [-0.1, -0.05) is 23.2 Å². The Balaban J connectivity index is 1.02. The number of carbonyl (C=O) groups excluding carboxylic acids is 3. The molecular weight excluding hydrogens is 507 g/mol. The quantitative estimate of drug-likeness (QED) is 0.574. The molecule has 0 radical (unpaired) electrons. The van der Waals surface area contributed by atoms with E-state index in [1.165, 1.54) is 0 Å². The molecule has 3 amide bonds. The van der Waals surface area contributed by atoms with Crippen LogP contribution in [0.4, 0.5) is 4.79 Å². The molecule has 3 saturated heterocycles. The maximum absolute atomic E-state index is 12.9. The number of benzene rings is 1. The Morgan fingerprint density at radius 1 is 0.972 bits per heavy atom. The fourth-order valence-electron chi connectivity index (χ4n) is 5.98. The molecule has 4 aliphatic rings. The second kappa shape index (κ2) is 10.7. The van der Waals surface area contributed by atoms with Crippen LogP contribution >= 0.6 is 23.2 Å². The van der Waals surface area contributed by atoms with Crippen molar-refractivity contribution < 1.29 is 24.2 Å². The van der Waals surface area contributed by atoms with E-state index in [9.17, 15) is 19.5 Å². The minimum Gasteiger partial charge on any atom is -0.445 e. The van der Waals surface area contributed by atoms with E-state index in [0.717, 1.165) is 31.5 Å². The summed E-state index contributed by atoms with van der Waals surface area (Å²) in [5.74, 6) is 0.999. The van der Waals surface area contributed by atoms with Crippen LogP contribution < -0.4 is 5.32 Å². The van der Waals surface area contributed by atoms with Gasteiger partial charge >= 0.3 is 6.09 Å². The molecule has 196 valence electrons. The molecule has 3 heterocycles.